The average molecular weight is 383 g/mol. The molecular formula is C20H15F2N3OS. The van der Waals surface area contributed by atoms with Crippen LogP contribution in [-0.4, -0.2) is 14.8 Å². The van der Waals surface area contributed by atoms with Crippen molar-refractivity contribution in [2.24, 2.45) is 0 Å². The maximum Gasteiger partial charge on any atom is 0.192 e. The molecule has 0 saturated carbocycles. The van der Waals surface area contributed by atoms with E-state index in [1.165, 1.54) is 30.0 Å². The van der Waals surface area contributed by atoms with E-state index >= 15 is 0 Å². The summed E-state index contributed by atoms with van der Waals surface area (Å²) >= 11 is 1.23. The molecule has 2 heterocycles. The van der Waals surface area contributed by atoms with E-state index in [0.717, 1.165) is 11.3 Å². The molecule has 0 spiro atoms. The van der Waals surface area contributed by atoms with Crippen LogP contribution in [0.5, 0.6) is 0 Å². The third-order valence-corrected chi connectivity index (χ3v) is 5.04. The minimum atomic E-state index is -0.567. The molecule has 0 radical (unpaired) electrons. The van der Waals surface area contributed by atoms with E-state index < -0.39 is 11.6 Å². The number of halogens is 2. The smallest absolute Gasteiger partial charge is 0.192 e. The Bertz CT molecular complexity index is 1010. The lowest BCUT2D eigenvalue weighted by Crippen LogP contribution is -2.04. The van der Waals surface area contributed by atoms with Gasteiger partial charge in [-0.3, -0.25) is 4.57 Å². The van der Waals surface area contributed by atoms with Gasteiger partial charge in [-0.05, 0) is 24.3 Å². The van der Waals surface area contributed by atoms with Crippen LogP contribution in [0.25, 0.3) is 11.4 Å². The van der Waals surface area contributed by atoms with Crippen molar-refractivity contribution in [3.8, 4) is 11.4 Å². The maximum absolute atomic E-state index is 13.9. The van der Waals surface area contributed by atoms with Gasteiger partial charge in [0.05, 0.1) is 12.8 Å². The van der Waals surface area contributed by atoms with Gasteiger partial charge in [0.2, 0.25) is 0 Å². The summed E-state index contributed by atoms with van der Waals surface area (Å²) in [5.74, 6) is 0.393. The third kappa shape index (κ3) is 3.78. The monoisotopic (exact) mass is 383 g/mol. The maximum atomic E-state index is 13.9. The van der Waals surface area contributed by atoms with Gasteiger partial charge in [0, 0.05) is 16.9 Å². The summed E-state index contributed by atoms with van der Waals surface area (Å²) in [4.78, 5) is 0. The van der Waals surface area contributed by atoms with Gasteiger partial charge in [-0.2, -0.15) is 0 Å². The van der Waals surface area contributed by atoms with E-state index in [1.807, 2.05) is 47.0 Å². The largest absolute Gasteiger partial charge is 0.467 e. The van der Waals surface area contributed by atoms with Crippen molar-refractivity contribution in [2.45, 2.75) is 17.5 Å². The Kier molecular flexibility index (Phi) is 5.02. The number of aromatic nitrogens is 3. The van der Waals surface area contributed by atoms with Crippen molar-refractivity contribution >= 4 is 11.8 Å². The molecule has 0 aliphatic heterocycles. The summed E-state index contributed by atoms with van der Waals surface area (Å²) in [6, 6.07) is 17.2. The molecule has 136 valence electrons. The van der Waals surface area contributed by atoms with Gasteiger partial charge >= 0.3 is 0 Å². The molecule has 0 unspecified atom stereocenters. The molecule has 0 fully saturated rings. The fourth-order valence-corrected chi connectivity index (χ4v) is 3.66. The first-order valence-electron chi connectivity index (χ1n) is 8.29. The fourth-order valence-electron chi connectivity index (χ4n) is 2.70. The number of hydrogen-bond acceptors (Lipinski definition) is 4. The molecule has 27 heavy (non-hydrogen) atoms. The van der Waals surface area contributed by atoms with Crippen molar-refractivity contribution in [1.82, 2.24) is 14.8 Å². The number of hydrogen-bond donors (Lipinski definition) is 0. The number of benzene rings is 2. The quantitative estimate of drug-likeness (QED) is 0.432. The molecule has 0 aliphatic carbocycles. The Balaban J connectivity index is 1.67. The van der Waals surface area contributed by atoms with Gasteiger partial charge in [-0.15, -0.1) is 10.2 Å². The predicted molar refractivity (Wildman–Crippen MR) is 99.2 cm³/mol. The number of nitrogens with zero attached hydrogens (tertiary/aromatic N) is 3. The normalized spacial score (nSPS) is 11.0. The molecule has 2 aromatic carbocycles. The highest BCUT2D eigenvalue weighted by atomic mass is 32.2. The molecule has 4 rings (SSSR count). The molecule has 0 N–H and O–H groups in total. The first-order valence-corrected chi connectivity index (χ1v) is 9.27. The molecule has 0 atom stereocenters. The van der Waals surface area contributed by atoms with Crippen LogP contribution >= 0.6 is 11.8 Å². The van der Waals surface area contributed by atoms with E-state index in [1.54, 1.807) is 6.26 Å². The summed E-state index contributed by atoms with van der Waals surface area (Å²) in [5.41, 5.74) is 0.928. The van der Waals surface area contributed by atoms with Crippen LogP contribution < -0.4 is 0 Å². The molecular weight excluding hydrogens is 368 g/mol. The Morgan fingerprint density at radius 1 is 0.889 bits per heavy atom. The van der Waals surface area contributed by atoms with Crippen LogP contribution in [-0.2, 0) is 12.3 Å². The highest BCUT2D eigenvalue weighted by Crippen LogP contribution is 2.29. The van der Waals surface area contributed by atoms with E-state index in [0.29, 0.717) is 17.5 Å². The minimum Gasteiger partial charge on any atom is -0.467 e. The zero-order valence-corrected chi connectivity index (χ0v) is 15.0. The Morgan fingerprint density at radius 2 is 1.67 bits per heavy atom. The number of thioether (sulfide) groups is 1. The molecule has 0 saturated heterocycles. The standard InChI is InChI=1S/C20H15F2N3OS/c21-17-9-4-10-18(22)16(17)13-27-20-24-23-19(14-6-2-1-3-7-14)25(20)12-15-8-5-11-26-15/h1-11H,12-13H2. The van der Waals surface area contributed by atoms with Crippen molar-refractivity contribution in [2.75, 3.05) is 0 Å². The molecule has 4 aromatic rings. The second-order valence-corrected chi connectivity index (χ2v) is 6.77. The van der Waals surface area contributed by atoms with E-state index in [-0.39, 0.29) is 11.3 Å². The van der Waals surface area contributed by atoms with Crippen LogP contribution in [0, 0.1) is 11.6 Å². The second kappa shape index (κ2) is 7.75. The number of furan rings is 1. The molecule has 2 aromatic heterocycles. The van der Waals surface area contributed by atoms with Crippen LogP contribution in [0.15, 0.2) is 76.5 Å². The lowest BCUT2D eigenvalue weighted by molar-refractivity contribution is 0.485. The molecule has 0 aliphatic rings. The fraction of sp³-hybridized carbons (Fsp3) is 0.100. The van der Waals surface area contributed by atoms with E-state index in [4.69, 9.17) is 4.42 Å². The zero-order chi connectivity index (χ0) is 18.6. The van der Waals surface area contributed by atoms with Crippen molar-refractivity contribution in [3.63, 3.8) is 0 Å². The van der Waals surface area contributed by atoms with Crippen molar-refractivity contribution in [3.05, 3.63) is 89.9 Å². The summed E-state index contributed by atoms with van der Waals surface area (Å²) in [6.07, 6.45) is 1.60. The van der Waals surface area contributed by atoms with Crippen molar-refractivity contribution in [1.29, 1.82) is 0 Å². The van der Waals surface area contributed by atoms with Gasteiger partial charge in [0.25, 0.3) is 0 Å². The predicted octanol–water partition coefficient (Wildman–Crippen LogP) is 5.16. The lowest BCUT2D eigenvalue weighted by atomic mass is 10.2. The van der Waals surface area contributed by atoms with Crippen LogP contribution in [0.2, 0.25) is 0 Å². The second-order valence-electron chi connectivity index (χ2n) is 5.83. The first-order chi connectivity index (χ1) is 13.2. The van der Waals surface area contributed by atoms with Crippen molar-refractivity contribution < 1.29 is 13.2 Å². The van der Waals surface area contributed by atoms with Crippen LogP contribution in [0.4, 0.5) is 8.78 Å². The molecule has 7 heteroatoms. The Hall–Kier alpha value is -2.93. The van der Waals surface area contributed by atoms with Crippen LogP contribution in [0.3, 0.4) is 0 Å². The van der Waals surface area contributed by atoms with E-state index in [9.17, 15) is 8.78 Å². The van der Waals surface area contributed by atoms with Gasteiger partial charge < -0.3 is 4.42 Å². The van der Waals surface area contributed by atoms with E-state index in [2.05, 4.69) is 10.2 Å². The molecule has 0 amide bonds. The highest BCUT2D eigenvalue weighted by molar-refractivity contribution is 7.98. The van der Waals surface area contributed by atoms with Crippen LogP contribution in [0.1, 0.15) is 11.3 Å². The average Bonchev–Trinajstić information content (AvgIpc) is 3.33. The first kappa shape index (κ1) is 17.5. The summed E-state index contributed by atoms with van der Waals surface area (Å²) in [5, 5.41) is 9.09. The van der Waals surface area contributed by atoms with Gasteiger partial charge in [0.1, 0.15) is 17.4 Å². The lowest BCUT2D eigenvalue weighted by Gasteiger charge is -2.09. The summed E-state index contributed by atoms with van der Waals surface area (Å²) in [7, 11) is 0. The summed E-state index contributed by atoms with van der Waals surface area (Å²) in [6.45, 7) is 0.423. The SMILES string of the molecule is Fc1cccc(F)c1CSc1nnc(-c2ccccc2)n1Cc1ccco1. The zero-order valence-electron chi connectivity index (χ0n) is 14.2. The number of rotatable bonds is 6. The Morgan fingerprint density at radius 3 is 2.37 bits per heavy atom. The molecule has 0 bridgehead atoms. The Labute approximate surface area is 158 Å². The third-order valence-electron chi connectivity index (χ3n) is 4.05. The van der Waals surface area contributed by atoms with Gasteiger partial charge in [-0.1, -0.05) is 48.2 Å². The topological polar surface area (TPSA) is 43.9 Å². The minimum absolute atomic E-state index is 0.0244. The van der Waals surface area contributed by atoms with Gasteiger partial charge in [0.15, 0.2) is 11.0 Å². The summed E-state index contributed by atoms with van der Waals surface area (Å²) < 4.78 is 35.2. The molecule has 4 nitrogen and oxygen atoms in total. The highest BCUT2D eigenvalue weighted by Gasteiger charge is 2.17. The van der Waals surface area contributed by atoms with Gasteiger partial charge in [-0.25, -0.2) is 8.78 Å².